The number of fused-ring (bicyclic) bond motifs is 2. The van der Waals surface area contributed by atoms with Crippen LogP contribution in [0.15, 0.2) is 46.7 Å². The maximum absolute atomic E-state index is 4.84. The molecule has 0 saturated carbocycles. The Bertz CT molecular complexity index is 900. The van der Waals surface area contributed by atoms with Gasteiger partial charge in [-0.1, -0.05) is 42.1 Å². The molecule has 114 valence electrons. The minimum Gasteiger partial charge on any atom is -0.321 e. The molecule has 0 atom stereocenters. The number of H-pyrrole nitrogens is 1. The van der Waals surface area contributed by atoms with Crippen molar-refractivity contribution < 1.29 is 0 Å². The van der Waals surface area contributed by atoms with Crippen LogP contribution in [0.25, 0.3) is 0 Å². The van der Waals surface area contributed by atoms with Gasteiger partial charge in [0.25, 0.3) is 0 Å². The fourth-order valence-electron chi connectivity index (χ4n) is 2.48. The van der Waals surface area contributed by atoms with Crippen LogP contribution in [0.1, 0.15) is 16.8 Å². The number of hydrogen-bond acceptors (Lipinski definition) is 6. The summed E-state index contributed by atoms with van der Waals surface area (Å²) in [7, 11) is 0. The summed E-state index contributed by atoms with van der Waals surface area (Å²) in [6.07, 6.45) is 3.77. The fourth-order valence-corrected chi connectivity index (χ4v) is 2.82. The van der Waals surface area contributed by atoms with Gasteiger partial charge >= 0.3 is 0 Å². The monoisotopic (exact) mass is 322 g/mol. The van der Waals surface area contributed by atoms with Crippen molar-refractivity contribution in [2.45, 2.75) is 12.1 Å². The van der Waals surface area contributed by atoms with E-state index in [0.29, 0.717) is 11.0 Å². The van der Waals surface area contributed by atoms with Gasteiger partial charge in [-0.2, -0.15) is 5.10 Å². The summed E-state index contributed by atoms with van der Waals surface area (Å²) >= 11 is 1.50. The lowest BCUT2D eigenvalue weighted by Gasteiger charge is -2.09. The van der Waals surface area contributed by atoms with Crippen LogP contribution >= 0.6 is 11.8 Å². The Hall–Kier alpha value is -2.67. The molecule has 4 rings (SSSR count). The summed E-state index contributed by atoms with van der Waals surface area (Å²) in [4.78, 5) is 13.8. The highest BCUT2D eigenvalue weighted by Gasteiger charge is 2.22. The number of nitrogens with one attached hydrogen (secondary N) is 2. The lowest BCUT2D eigenvalue weighted by Crippen LogP contribution is -2.08. The molecule has 0 unspecified atom stereocenters. The second-order valence-corrected chi connectivity index (χ2v) is 5.89. The van der Waals surface area contributed by atoms with E-state index in [-0.39, 0.29) is 0 Å². The van der Waals surface area contributed by atoms with E-state index in [1.165, 1.54) is 11.8 Å². The second kappa shape index (κ2) is 5.51. The van der Waals surface area contributed by atoms with Crippen LogP contribution < -0.4 is 5.32 Å². The molecule has 3 aromatic rings. The van der Waals surface area contributed by atoms with Gasteiger partial charge in [0.2, 0.25) is 0 Å². The van der Waals surface area contributed by atoms with E-state index < -0.39 is 0 Å². The molecule has 2 aromatic heterocycles. The van der Waals surface area contributed by atoms with Gasteiger partial charge in [0.15, 0.2) is 11.0 Å². The first kappa shape index (κ1) is 14.0. The topological polar surface area (TPSA) is 78.9 Å². The third-order valence-electron chi connectivity index (χ3n) is 3.63. The van der Waals surface area contributed by atoms with Crippen molar-refractivity contribution in [2.75, 3.05) is 11.6 Å². The quantitative estimate of drug-likeness (QED) is 0.436. The van der Waals surface area contributed by atoms with Gasteiger partial charge in [0.1, 0.15) is 11.5 Å². The van der Waals surface area contributed by atoms with Crippen molar-refractivity contribution >= 4 is 34.8 Å². The average molecular weight is 322 g/mol. The number of anilines is 2. The standard InChI is InChI=1S/C16H14N6S/c1-9-12-15(22-21-9)19-14-11(8-17-16(20-14)23-2)13(18-12)10-6-4-3-5-7-10/h3-8H,1-2H3,(H2,17,19,20,21,22). The molecule has 0 saturated heterocycles. The zero-order valence-electron chi connectivity index (χ0n) is 12.7. The molecule has 0 aliphatic carbocycles. The van der Waals surface area contributed by atoms with E-state index in [1.54, 1.807) is 0 Å². The number of rotatable bonds is 2. The smallest absolute Gasteiger partial charge is 0.189 e. The Morgan fingerprint density at radius 1 is 1.09 bits per heavy atom. The van der Waals surface area contributed by atoms with Crippen molar-refractivity contribution in [3.05, 3.63) is 53.3 Å². The number of aromatic amines is 1. The summed E-state index contributed by atoms with van der Waals surface area (Å²) in [5.74, 6) is 1.40. The minimum absolute atomic E-state index is 0.681. The molecule has 3 heterocycles. The third kappa shape index (κ3) is 2.39. The van der Waals surface area contributed by atoms with Crippen LogP contribution in [0.4, 0.5) is 17.3 Å². The Morgan fingerprint density at radius 2 is 1.91 bits per heavy atom. The van der Waals surface area contributed by atoms with Crippen LogP contribution in [0.5, 0.6) is 0 Å². The van der Waals surface area contributed by atoms with Gasteiger partial charge in [-0.05, 0) is 13.2 Å². The van der Waals surface area contributed by atoms with Crippen LogP contribution in [0, 0.1) is 6.92 Å². The number of benzene rings is 1. The summed E-state index contributed by atoms with van der Waals surface area (Å²) in [5, 5.41) is 11.2. The molecule has 1 aliphatic heterocycles. The summed E-state index contributed by atoms with van der Waals surface area (Å²) < 4.78 is 0. The molecule has 23 heavy (non-hydrogen) atoms. The SMILES string of the molecule is CSc1ncc2c(n1)Nc1n[nH]c(C)c1N=C2c1ccccc1. The zero-order valence-corrected chi connectivity index (χ0v) is 13.5. The highest BCUT2D eigenvalue weighted by molar-refractivity contribution is 7.98. The molecule has 0 fully saturated rings. The molecule has 6 nitrogen and oxygen atoms in total. The average Bonchev–Trinajstić information content (AvgIpc) is 2.84. The Morgan fingerprint density at radius 3 is 2.70 bits per heavy atom. The molecular weight excluding hydrogens is 308 g/mol. The van der Waals surface area contributed by atoms with E-state index in [1.807, 2.05) is 49.7 Å². The first-order chi connectivity index (χ1) is 11.3. The molecule has 0 spiro atoms. The lowest BCUT2D eigenvalue weighted by molar-refractivity contribution is 0.967. The van der Waals surface area contributed by atoms with Crippen molar-refractivity contribution in [2.24, 2.45) is 4.99 Å². The Balaban J connectivity index is 1.99. The van der Waals surface area contributed by atoms with E-state index in [9.17, 15) is 0 Å². The number of aliphatic imine (C=N–C) groups is 1. The lowest BCUT2D eigenvalue weighted by atomic mass is 10.0. The maximum atomic E-state index is 4.84. The van der Waals surface area contributed by atoms with Crippen molar-refractivity contribution in [1.29, 1.82) is 0 Å². The molecule has 2 N–H and O–H groups in total. The van der Waals surface area contributed by atoms with Gasteiger partial charge in [-0.3, -0.25) is 5.10 Å². The van der Waals surface area contributed by atoms with E-state index in [4.69, 9.17) is 4.99 Å². The molecule has 1 aromatic carbocycles. The van der Waals surface area contributed by atoms with Gasteiger partial charge in [0.05, 0.1) is 17.0 Å². The normalized spacial score (nSPS) is 12.7. The number of aryl methyl sites for hydroxylation is 1. The number of thioether (sulfide) groups is 1. The Kier molecular flexibility index (Phi) is 3.34. The summed E-state index contributed by atoms with van der Waals surface area (Å²) in [5.41, 5.74) is 4.43. The molecule has 1 aliphatic rings. The summed E-state index contributed by atoms with van der Waals surface area (Å²) in [6, 6.07) is 10.0. The van der Waals surface area contributed by atoms with Crippen molar-refractivity contribution in [1.82, 2.24) is 20.2 Å². The molecular formula is C16H14N6S. The van der Waals surface area contributed by atoms with Gasteiger partial charge < -0.3 is 5.32 Å². The largest absolute Gasteiger partial charge is 0.321 e. The van der Waals surface area contributed by atoms with E-state index in [0.717, 1.165) is 34.0 Å². The van der Waals surface area contributed by atoms with Gasteiger partial charge in [-0.15, -0.1) is 0 Å². The molecule has 0 amide bonds. The maximum Gasteiger partial charge on any atom is 0.189 e. The van der Waals surface area contributed by atoms with Crippen LogP contribution in [0.2, 0.25) is 0 Å². The highest BCUT2D eigenvalue weighted by Crippen LogP contribution is 2.35. The number of nitrogens with zero attached hydrogens (tertiary/aromatic N) is 4. The van der Waals surface area contributed by atoms with Crippen molar-refractivity contribution in [3.8, 4) is 0 Å². The van der Waals surface area contributed by atoms with Crippen LogP contribution in [-0.2, 0) is 0 Å². The van der Waals surface area contributed by atoms with E-state index in [2.05, 4.69) is 25.5 Å². The second-order valence-electron chi connectivity index (χ2n) is 5.12. The zero-order chi connectivity index (χ0) is 15.8. The molecule has 7 heteroatoms. The molecule has 0 bridgehead atoms. The van der Waals surface area contributed by atoms with Crippen LogP contribution in [-0.4, -0.2) is 32.1 Å². The van der Waals surface area contributed by atoms with E-state index >= 15 is 0 Å². The third-order valence-corrected chi connectivity index (χ3v) is 4.19. The van der Waals surface area contributed by atoms with Crippen LogP contribution in [0.3, 0.4) is 0 Å². The predicted molar refractivity (Wildman–Crippen MR) is 92.2 cm³/mol. The molecule has 0 radical (unpaired) electrons. The first-order valence-electron chi connectivity index (χ1n) is 7.14. The van der Waals surface area contributed by atoms with Gasteiger partial charge in [0, 0.05) is 11.8 Å². The fraction of sp³-hybridized carbons (Fsp3) is 0.125. The number of hydrogen-bond donors (Lipinski definition) is 2. The summed E-state index contributed by atoms with van der Waals surface area (Å²) in [6.45, 7) is 1.95. The first-order valence-corrected chi connectivity index (χ1v) is 8.36. The minimum atomic E-state index is 0.681. The number of aromatic nitrogens is 4. The van der Waals surface area contributed by atoms with Gasteiger partial charge in [-0.25, -0.2) is 15.0 Å². The Labute approximate surface area is 137 Å². The predicted octanol–water partition coefficient (Wildman–Crippen LogP) is 3.46. The van der Waals surface area contributed by atoms with Crippen molar-refractivity contribution in [3.63, 3.8) is 0 Å². The highest BCUT2D eigenvalue weighted by atomic mass is 32.2.